The van der Waals surface area contributed by atoms with E-state index >= 15 is 0 Å². The number of rotatable bonds is 2. The number of hydrogen-bond donors (Lipinski definition) is 0. The van der Waals surface area contributed by atoms with Gasteiger partial charge in [-0.25, -0.2) is 8.42 Å². The van der Waals surface area contributed by atoms with Gasteiger partial charge in [0, 0.05) is 7.05 Å². The first-order valence-electron chi connectivity index (χ1n) is 6.49. The number of thiophene rings is 1. The van der Waals surface area contributed by atoms with Gasteiger partial charge in [-0.1, -0.05) is 17.7 Å². The van der Waals surface area contributed by atoms with E-state index in [0.29, 0.717) is 5.69 Å². The fourth-order valence-corrected chi connectivity index (χ4v) is 4.63. The summed E-state index contributed by atoms with van der Waals surface area (Å²) in [6.45, 7) is 2.00. The molecule has 0 saturated heterocycles. The Morgan fingerprint density at radius 3 is 2.67 bits per heavy atom. The number of nitrogens with zero attached hydrogens (tertiary/aromatic N) is 3. The molecule has 0 N–H and O–H groups in total. The first kappa shape index (κ1) is 14.2. The summed E-state index contributed by atoms with van der Waals surface area (Å²) in [4.78, 5) is 0.947. The smallest absolute Gasteiger partial charge is 0.237 e. The summed E-state index contributed by atoms with van der Waals surface area (Å²) in [5.41, 5.74) is 2.59. The maximum absolute atomic E-state index is 12.1. The molecule has 21 heavy (non-hydrogen) atoms. The van der Waals surface area contributed by atoms with Gasteiger partial charge in [0.25, 0.3) is 0 Å². The standard InChI is InChI=1S/C14H15N3O2S2/c1-10-3-5-11(6-4-10)15-16-12-9-21(18,19)17(2)13-7-8-20-14(12)13/h3-8,12H,9H2,1-2H3. The molecule has 1 atom stereocenters. The molecule has 0 saturated carbocycles. The monoisotopic (exact) mass is 321 g/mol. The van der Waals surface area contributed by atoms with Crippen molar-refractivity contribution < 1.29 is 8.42 Å². The van der Waals surface area contributed by atoms with E-state index < -0.39 is 16.1 Å². The third-order valence-electron chi connectivity index (χ3n) is 3.45. The van der Waals surface area contributed by atoms with Crippen molar-refractivity contribution in [1.29, 1.82) is 0 Å². The van der Waals surface area contributed by atoms with E-state index in [4.69, 9.17) is 0 Å². The highest BCUT2D eigenvalue weighted by atomic mass is 32.2. The molecule has 1 unspecified atom stereocenters. The van der Waals surface area contributed by atoms with E-state index in [1.165, 1.54) is 15.6 Å². The Morgan fingerprint density at radius 2 is 1.95 bits per heavy atom. The number of hydrogen-bond acceptors (Lipinski definition) is 5. The van der Waals surface area contributed by atoms with Crippen molar-refractivity contribution >= 4 is 32.7 Å². The van der Waals surface area contributed by atoms with Gasteiger partial charge in [0.2, 0.25) is 10.0 Å². The maximum Gasteiger partial charge on any atom is 0.237 e. The topological polar surface area (TPSA) is 62.1 Å². The van der Waals surface area contributed by atoms with E-state index in [-0.39, 0.29) is 5.75 Å². The number of azo groups is 1. The minimum Gasteiger partial charge on any atom is -0.272 e. The molecule has 0 radical (unpaired) electrons. The molecular formula is C14H15N3O2S2. The molecule has 0 aliphatic carbocycles. The van der Waals surface area contributed by atoms with Gasteiger partial charge >= 0.3 is 0 Å². The van der Waals surface area contributed by atoms with Crippen LogP contribution >= 0.6 is 11.3 Å². The summed E-state index contributed by atoms with van der Waals surface area (Å²) < 4.78 is 25.6. The molecule has 1 aromatic heterocycles. The highest BCUT2D eigenvalue weighted by Crippen LogP contribution is 2.40. The molecule has 0 fully saturated rings. The van der Waals surface area contributed by atoms with Crippen molar-refractivity contribution in [2.45, 2.75) is 13.0 Å². The second-order valence-electron chi connectivity index (χ2n) is 4.98. The first-order valence-corrected chi connectivity index (χ1v) is 8.98. The predicted octanol–water partition coefficient (Wildman–Crippen LogP) is 3.66. The zero-order valence-corrected chi connectivity index (χ0v) is 13.4. The van der Waals surface area contributed by atoms with Crippen LogP contribution in [0.1, 0.15) is 16.5 Å². The Kier molecular flexibility index (Phi) is 3.54. The van der Waals surface area contributed by atoms with E-state index in [1.54, 1.807) is 7.05 Å². The fourth-order valence-electron chi connectivity index (χ4n) is 2.19. The molecule has 110 valence electrons. The number of benzene rings is 1. The van der Waals surface area contributed by atoms with Crippen LogP contribution in [0.4, 0.5) is 11.4 Å². The summed E-state index contributed by atoms with van der Waals surface area (Å²) in [5.74, 6) is -0.0353. The predicted molar refractivity (Wildman–Crippen MR) is 84.9 cm³/mol. The Labute approximate surface area is 128 Å². The Balaban J connectivity index is 1.93. The van der Waals surface area contributed by atoms with E-state index in [1.807, 2.05) is 42.6 Å². The van der Waals surface area contributed by atoms with Crippen molar-refractivity contribution in [1.82, 2.24) is 0 Å². The number of fused-ring (bicyclic) bond motifs is 1. The zero-order chi connectivity index (χ0) is 15.0. The Hall–Kier alpha value is -1.73. The normalized spacial score (nSPS) is 20.7. The van der Waals surface area contributed by atoms with Crippen LogP contribution in [0.5, 0.6) is 0 Å². The van der Waals surface area contributed by atoms with Gasteiger partial charge in [0.1, 0.15) is 6.04 Å². The largest absolute Gasteiger partial charge is 0.272 e. The summed E-state index contributed by atoms with van der Waals surface area (Å²) in [6.07, 6.45) is 0. The molecule has 2 aromatic rings. The first-order chi connectivity index (χ1) is 9.97. The Bertz CT molecular complexity index is 779. The molecule has 1 aliphatic rings. The van der Waals surface area contributed by atoms with Crippen LogP contribution in [0, 0.1) is 6.92 Å². The van der Waals surface area contributed by atoms with Crippen molar-refractivity contribution in [2.24, 2.45) is 10.2 Å². The van der Waals surface area contributed by atoms with Gasteiger partial charge in [-0.3, -0.25) is 4.31 Å². The lowest BCUT2D eigenvalue weighted by atomic mass is 10.2. The second kappa shape index (κ2) is 5.23. The van der Waals surface area contributed by atoms with Crippen LogP contribution in [-0.4, -0.2) is 21.2 Å². The third-order valence-corrected chi connectivity index (χ3v) is 6.22. The van der Waals surface area contributed by atoms with Gasteiger partial charge in [-0.2, -0.15) is 10.2 Å². The van der Waals surface area contributed by atoms with Crippen LogP contribution in [-0.2, 0) is 10.0 Å². The van der Waals surface area contributed by atoms with E-state index in [9.17, 15) is 8.42 Å². The quantitative estimate of drug-likeness (QED) is 0.792. The molecule has 7 heteroatoms. The average molecular weight is 321 g/mol. The summed E-state index contributed by atoms with van der Waals surface area (Å²) >= 11 is 1.52. The minimum atomic E-state index is -3.32. The average Bonchev–Trinajstić information content (AvgIpc) is 2.93. The van der Waals surface area contributed by atoms with Gasteiger partial charge in [0.15, 0.2) is 0 Å². The van der Waals surface area contributed by atoms with Gasteiger partial charge in [-0.15, -0.1) is 11.3 Å². The Morgan fingerprint density at radius 1 is 1.24 bits per heavy atom. The number of aryl methyl sites for hydroxylation is 1. The van der Waals surface area contributed by atoms with Crippen LogP contribution in [0.15, 0.2) is 45.9 Å². The number of sulfonamides is 1. The molecule has 0 amide bonds. The van der Waals surface area contributed by atoms with Crippen molar-refractivity contribution in [3.05, 3.63) is 46.2 Å². The SMILES string of the molecule is Cc1ccc(N=NC2CS(=O)(=O)N(C)c3ccsc32)cc1. The lowest BCUT2D eigenvalue weighted by molar-refractivity contribution is 0.582. The highest BCUT2D eigenvalue weighted by molar-refractivity contribution is 7.92. The van der Waals surface area contributed by atoms with E-state index in [0.717, 1.165) is 16.1 Å². The lowest BCUT2D eigenvalue weighted by Gasteiger charge is -2.27. The molecule has 1 aromatic carbocycles. The second-order valence-corrected chi connectivity index (χ2v) is 7.98. The van der Waals surface area contributed by atoms with Gasteiger partial charge < -0.3 is 0 Å². The van der Waals surface area contributed by atoms with Gasteiger partial charge in [-0.05, 0) is 30.5 Å². The molecular weight excluding hydrogens is 306 g/mol. The summed E-state index contributed by atoms with van der Waals surface area (Å²) in [6, 6.07) is 9.04. The molecule has 3 rings (SSSR count). The van der Waals surface area contributed by atoms with Crippen molar-refractivity contribution in [2.75, 3.05) is 17.1 Å². The van der Waals surface area contributed by atoms with Crippen LogP contribution < -0.4 is 4.31 Å². The molecule has 5 nitrogen and oxygen atoms in total. The van der Waals surface area contributed by atoms with Crippen molar-refractivity contribution in [3.63, 3.8) is 0 Å². The summed E-state index contributed by atoms with van der Waals surface area (Å²) in [7, 11) is -1.74. The van der Waals surface area contributed by atoms with Crippen LogP contribution in [0.2, 0.25) is 0 Å². The third kappa shape index (κ3) is 2.71. The lowest BCUT2D eigenvalue weighted by Crippen LogP contribution is -2.35. The molecule has 2 heterocycles. The van der Waals surface area contributed by atoms with Crippen LogP contribution in [0.25, 0.3) is 0 Å². The minimum absolute atomic E-state index is 0.0353. The van der Waals surface area contributed by atoms with Crippen molar-refractivity contribution in [3.8, 4) is 0 Å². The van der Waals surface area contributed by atoms with E-state index in [2.05, 4.69) is 10.2 Å². The fraction of sp³-hybridized carbons (Fsp3) is 0.286. The maximum atomic E-state index is 12.1. The highest BCUT2D eigenvalue weighted by Gasteiger charge is 2.35. The zero-order valence-electron chi connectivity index (χ0n) is 11.7. The molecule has 0 spiro atoms. The molecule has 0 bridgehead atoms. The van der Waals surface area contributed by atoms with Gasteiger partial charge in [0.05, 0.1) is 22.0 Å². The summed E-state index contributed by atoms with van der Waals surface area (Å²) in [5, 5.41) is 10.3. The van der Waals surface area contributed by atoms with Crippen LogP contribution in [0.3, 0.4) is 0 Å². The number of anilines is 1. The molecule has 1 aliphatic heterocycles.